The van der Waals surface area contributed by atoms with Crippen molar-refractivity contribution in [2.24, 2.45) is 0 Å². The van der Waals surface area contributed by atoms with Gasteiger partial charge in [0, 0.05) is 32.3 Å². The predicted molar refractivity (Wildman–Crippen MR) is 82.4 cm³/mol. The summed E-state index contributed by atoms with van der Waals surface area (Å²) in [4.78, 5) is 2.48. The smallest absolute Gasteiger partial charge is 0.383 e. The average molecular weight is 289 g/mol. The molecular formula is C14H32N2O2Si. The van der Waals surface area contributed by atoms with Gasteiger partial charge in [-0.25, -0.2) is 0 Å². The molecule has 1 aliphatic rings. The number of likely N-dealkylation sites (N-methyl/N-ethyl adjacent to an activating group) is 1. The standard InChI is InChI=1S/C14H32N2O2Si/c1-5-15(6-2)12-13-16-11-9-10-14-19(16,17-7-3)18-8-4/h5-14H2,1-4H3. The molecule has 0 unspecified atom stereocenters. The molecule has 5 heteroatoms. The summed E-state index contributed by atoms with van der Waals surface area (Å²) < 4.78 is 14.8. The van der Waals surface area contributed by atoms with Crippen LogP contribution in [-0.4, -0.2) is 64.1 Å². The van der Waals surface area contributed by atoms with Gasteiger partial charge in [0.25, 0.3) is 0 Å². The van der Waals surface area contributed by atoms with Gasteiger partial charge in [0.2, 0.25) is 0 Å². The van der Waals surface area contributed by atoms with Crippen LogP contribution >= 0.6 is 0 Å². The second-order valence-corrected chi connectivity index (χ2v) is 8.18. The fourth-order valence-electron chi connectivity index (χ4n) is 2.88. The van der Waals surface area contributed by atoms with E-state index in [1.807, 2.05) is 0 Å². The van der Waals surface area contributed by atoms with Gasteiger partial charge in [0.05, 0.1) is 0 Å². The average Bonchev–Trinajstić information content (AvgIpc) is 2.42. The predicted octanol–water partition coefficient (Wildman–Crippen LogP) is 2.44. The van der Waals surface area contributed by atoms with Crippen LogP contribution in [-0.2, 0) is 8.85 Å². The summed E-state index contributed by atoms with van der Waals surface area (Å²) in [5.74, 6) is 0. The molecule has 0 amide bonds. The number of hydrogen-bond acceptors (Lipinski definition) is 4. The molecule has 0 aromatic rings. The van der Waals surface area contributed by atoms with E-state index in [-0.39, 0.29) is 0 Å². The number of rotatable bonds is 9. The van der Waals surface area contributed by atoms with Gasteiger partial charge >= 0.3 is 8.72 Å². The van der Waals surface area contributed by atoms with Gasteiger partial charge in [0.15, 0.2) is 0 Å². The van der Waals surface area contributed by atoms with Gasteiger partial charge in [-0.1, -0.05) is 13.8 Å². The molecule has 4 nitrogen and oxygen atoms in total. The minimum absolute atomic E-state index is 0.772. The summed E-state index contributed by atoms with van der Waals surface area (Å²) in [5.41, 5.74) is 0. The Kier molecular flexibility index (Phi) is 8.17. The van der Waals surface area contributed by atoms with Crippen LogP contribution in [0.3, 0.4) is 0 Å². The molecule has 1 rings (SSSR count). The maximum Gasteiger partial charge on any atom is 0.427 e. The van der Waals surface area contributed by atoms with E-state index in [4.69, 9.17) is 8.85 Å². The topological polar surface area (TPSA) is 24.9 Å². The summed E-state index contributed by atoms with van der Waals surface area (Å²) in [7, 11) is -2.10. The Hall–Kier alpha value is 0.0569. The number of nitrogens with zero attached hydrogens (tertiary/aromatic N) is 2. The third-order valence-electron chi connectivity index (χ3n) is 3.97. The van der Waals surface area contributed by atoms with Gasteiger partial charge in [-0.2, -0.15) is 0 Å². The van der Waals surface area contributed by atoms with Gasteiger partial charge in [-0.3, -0.25) is 4.57 Å². The Morgan fingerprint density at radius 3 is 2.16 bits per heavy atom. The first-order valence-electron chi connectivity index (χ1n) is 7.97. The Bertz CT molecular complexity index is 226. The first kappa shape index (κ1) is 17.1. The lowest BCUT2D eigenvalue weighted by molar-refractivity contribution is 0.102. The molecule has 0 bridgehead atoms. The summed E-state index contributed by atoms with van der Waals surface area (Å²) in [6, 6.07) is 1.13. The van der Waals surface area contributed by atoms with E-state index in [1.165, 1.54) is 12.8 Å². The molecule has 1 heterocycles. The van der Waals surface area contributed by atoms with E-state index in [0.29, 0.717) is 0 Å². The summed E-state index contributed by atoms with van der Waals surface area (Å²) in [5, 5.41) is 0. The Morgan fingerprint density at radius 1 is 1.00 bits per heavy atom. The van der Waals surface area contributed by atoms with Crippen LogP contribution in [0.15, 0.2) is 0 Å². The van der Waals surface area contributed by atoms with Crippen molar-refractivity contribution in [3.8, 4) is 0 Å². The van der Waals surface area contributed by atoms with Crippen LogP contribution in [0.2, 0.25) is 6.04 Å². The third-order valence-corrected chi connectivity index (χ3v) is 7.85. The minimum Gasteiger partial charge on any atom is -0.383 e. The van der Waals surface area contributed by atoms with E-state index < -0.39 is 8.72 Å². The minimum atomic E-state index is -2.10. The van der Waals surface area contributed by atoms with Gasteiger partial charge in [-0.15, -0.1) is 0 Å². The molecule has 0 radical (unpaired) electrons. The lowest BCUT2D eigenvalue weighted by Crippen LogP contribution is -2.62. The van der Waals surface area contributed by atoms with Crippen LogP contribution in [0.4, 0.5) is 0 Å². The van der Waals surface area contributed by atoms with Crippen molar-refractivity contribution in [3.63, 3.8) is 0 Å². The Morgan fingerprint density at radius 2 is 1.63 bits per heavy atom. The highest BCUT2D eigenvalue weighted by molar-refractivity contribution is 6.64. The fraction of sp³-hybridized carbons (Fsp3) is 1.00. The SMILES string of the molecule is CCO[Si]1(OCC)CCCCN1CCN(CC)CC. The Labute approximate surface area is 120 Å². The maximum absolute atomic E-state index is 6.15. The molecule has 114 valence electrons. The van der Waals surface area contributed by atoms with E-state index >= 15 is 0 Å². The normalized spacial score (nSPS) is 20.1. The van der Waals surface area contributed by atoms with Crippen LogP contribution in [0.25, 0.3) is 0 Å². The molecule has 1 fully saturated rings. The van der Waals surface area contributed by atoms with E-state index in [0.717, 1.165) is 52.0 Å². The molecule has 0 aromatic heterocycles. The molecule has 0 N–H and O–H groups in total. The number of hydrogen-bond donors (Lipinski definition) is 0. The van der Waals surface area contributed by atoms with Crippen molar-refractivity contribution < 1.29 is 8.85 Å². The van der Waals surface area contributed by atoms with E-state index in [9.17, 15) is 0 Å². The molecule has 0 spiro atoms. The monoisotopic (exact) mass is 288 g/mol. The molecule has 0 aliphatic carbocycles. The molecule has 19 heavy (non-hydrogen) atoms. The largest absolute Gasteiger partial charge is 0.427 e. The zero-order valence-electron chi connectivity index (χ0n) is 13.3. The van der Waals surface area contributed by atoms with E-state index in [2.05, 4.69) is 37.2 Å². The second-order valence-electron chi connectivity index (χ2n) is 5.05. The third kappa shape index (κ3) is 4.83. The van der Waals surface area contributed by atoms with Crippen molar-refractivity contribution >= 4 is 8.72 Å². The zero-order valence-corrected chi connectivity index (χ0v) is 14.3. The van der Waals surface area contributed by atoms with Gasteiger partial charge < -0.3 is 13.8 Å². The first-order chi connectivity index (χ1) is 9.22. The van der Waals surface area contributed by atoms with E-state index in [1.54, 1.807) is 0 Å². The van der Waals surface area contributed by atoms with Crippen LogP contribution in [0.5, 0.6) is 0 Å². The molecule has 0 atom stereocenters. The summed E-state index contributed by atoms with van der Waals surface area (Å²) in [6.45, 7) is 15.8. The highest BCUT2D eigenvalue weighted by Gasteiger charge is 2.46. The summed E-state index contributed by atoms with van der Waals surface area (Å²) in [6.07, 6.45) is 2.54. The van der Waals surface area contributed by atoms with Crippen molar-refractivity contribution in [2.75, 3.05) is 45.9 Å². The van der Waals surface area contributed by atoms with Gasteiger partial charge in [0.1, 0.15) is 0 Å². The molecule has 1 aliphatic heterocycles. The van der Waals surface area contributed by atoms with Crippen molar-refractivity contribution in [3.05, 3.63) is 0 Å². The molecular weight excluding hydrogens is 256 g/mol. The molecule has 0 saturated carbocycles. The van der Waals surface area contributed by atoms with Crippen LogP contribution < -0.4 is 0 Å². The first-order valence-corrected chi connectivity index (χ1v) is 9.94. The van der Waals surface area contributed by atoms with Crippen LogP contribution in [0.1, 0.15) is 40.5 Å². The lowest BCUT2D eigenvalue weighted by Gasteiger charge is -2.43. The lowest BCUT2D eigenvalue weighted by atomic mass is 10.3. The zero-order chi connectivity index (χ0) is 14.1. The highest BCUT2D eigenvalue weighted by Crippen LogP contribution is 2.27. The van der Waals surface area contributed by atoms with Gasteiger partial charge in [-0.05, 0) is 46.3 Å². The molecule has 0 aromatic carbocycles. The van der Waals surface area contributed by atoms with Crippen LogP contribution in [0, 0.1) is 0 Å². The maximum atomic E-state index is 6.15. The quantitative estimate of drug-likeness (QED) is 0.608. The molecule has 1 saturated heterocycles. The second kappa shape index (κ2) is 9.08. The van der Waals surface area contributed by atoms with Crippen molar-refractivity contribution in [2.45, 2.75) is 46.6 Å². The highest BCUT2D eigenvalue weighted by atomic mass is 28.4. The van der Waals surface area contributed by atoms with Crippen molar-refractivity contribution in [1.82, 2.24) is 9.47 Å². The fourth-order valence-corrected chi connectivity index (χ4v) is 6.48. The van der Waals surface area contributed by atoms with Crippen molar-refractivity contribution in [1.29, 1.82) is 0 Å². The summed E-state index contributed by atoms with van der Waals surface area (Å²) >= 11 is 0. The Balaban J connectivity index is 2.63.